The third-order valence-electron chi connectivity index (χ3n) is 6.13. The fourth-order valence-electron chi connectivity index (χ4n) is 4.40. The van der Waals surface area contributed by atoms with Crippen LogP contribution < -0.4 is 10.5 Å². The number of nitrogens with zero attached hydrogens (tertiary/aromatic N) is 8. The first-order chi connectivity index (χ1) is 15.5. The van der Waals surface area contributed by atoms with Crippen molar-refractivity contribution in [1.82, 2.24) is 34.0 Å². The van der Waals surface area contributed by atoms with Gasteiger partial charge in [0.05, 0.1) is 23.3 Å². The van der Waals surface area contributed by atoms with E-state index in [1.807, 2.05) is 32.0 Å². The number of benzene rings is 1. The van der Waals surface area contributed by atoms with Gasteiger partial charge >= 0.3 is 0 Å². The Labute approximate surface area is 186 Å². The molecule has 9 nitrogen and oxygen atoms in total. The van der Waals surface area contributed by atoms with Crippen LogP contribution in [-0.2, 0) is 13.6 Å². The molecule has 0 atom stereocenters. The third kappa shape index (κ3) is 3.80. The Hall–Kier alpha value is -3.46. The number of rotatable bonds is 5. The minimum absolute atomic E-state index is 0.0892. The number of fused-ring (bicyclic) bond motifs is 1. The Bertz CT molecular complexity index is 1310. The van der Waals surface area contributed by atoms with Crippen LogP contribution in [0.4, 0.5) is 5.95 Å². The molecule has 0 saturated carbocycles. The van der Waals surface area contributed by atoms with Crippen LogP contribution in [0.3, 0.4) is 0 Å². The summed E-state index contributed by atoms with van der Waals surface area (Å²) in [6.07, 6.45) is 0. The van der Waals surface area contributed by atoms with E-state index in [0.29, 0.717) is 12.4 Å². The van der Waals surface area contributed by atoms with Crippen LogP contribution >= 0.6 is 0 Å². The lowest BCUT2D eigenvalue weighted by molar-refractivity contribution is 0.241. The molecule has 0 unspecified atom stereocenters. The maximum atomic E-state index is 12.4. The van der Waals surface area contributed by atoms with Crippen LogP contribution in [0.25, 0.3) is 16.9 Å². The normalized spacial score (nSPS) is 15.0. The summed E-state index contributed by atoms with van der Waals surface area (Å²) in [7, 11) is 2.07. The fourth-order valence-corrected chi connectivity index (χ4v) is 4.40. The van der Waals surface area contributed by atoms with Crippen molar-refractivity contribution in [3.8, 4) is 5.82 Å². The predicted molar refractivity (Wildman–Crippen MR) is 124 cm³/mol. The van der Waals surface area contributed by atoms with E-state index in [9.17, 15) is 4.79 Å². The summed E-state index contributed by atoms with van der Waals surface area (Å²) in [6.45, 7) is 8.94. The Morgan fingerprint density at radius 3 is 2.44 bits per heavy atom. The Morgan fingerprint density at radius 2 is 1.72 bits per heavy atom. The number of aromatic nitrogens is 6. The van der Waals surface area contributed by atoms with Crippen molar-refractivity contribution < 1.29 is 0 Å². The molecule has 1 fully saturated rings. The van der Waals surface area contributed by atoms with Crippen molar-refractivity contribution in [2.45, 2.75) is 20.4 Å². The molecule has 166 valence electrons. The average molecular weight is 433 g/mol. The quantitative estimate of drug-likeness (QED) is 0.478. The van der Waals surface area contributed by atoms with Crippen molar-refractivity contribution in [3.63, 3.8) is 0 Å². The van der Waals surface area contributed by atoms with Crippen molar-refractivity contribution in [1.29, 1.82) is 0 Å². The summed E-state index contributed by atoms with van der Waals surface area (Å²) in [6, 6.07) is 13.5. The number of piperazine rings is 1. The summed E-state index contributed by atoms with van der Waals surface area (Å²) < 4.78 is 5.49. The molecule has 0 spiro atoms. The molecule has 3 aromatic heterocycles. The van der Waals surface area contributed by atoms with Crippen molar-refractivity contribution in [3.05, 3.63) is 64.2 Å². The standard InChI is InChI=1S/C23H28N8O/c1-17-16-18(2)31(25-17)21-8-9-22(32)30(26-21)15-12-28-10-13-29(14-11-28)23-24-19-6-4-5-7-20(19)27(23)3/h4-9,16H,10-15H2,1-3H3. The number of imidazole rings is 1. The molecular formula is C23H28N8O. The number of para-hydroxylation sites is 2. The lowest BCUT2D eigenvalue weighted by Gasteiger charge is -2.35. The third-order valence-corrected chi connectivity index (χ3v) is 6.13. The summed E-state index contributed by atoms with van der Waals surface area (Å²) >= 11 is 0. The van der Waals surface area contributed by atoms with Crippen LogP contribution in [0.1, 0.15) is 11.4 Å². The zero-order valence-electron chi connectivity index (χ0n) is 18.8. The van der Waals surface area contributed by atoms with Crippen LogP contribution in [0.5, 0.6) is 0 Å². The molecule has 4 heterocycles. The first-order valence-corrected chi connectivity index (χ1v) is 11.0. The van der Waals surface area contributed by atoms with Gasteiger partial charge in [0.15, 0.2) is 5.82 Å². The highest BCUT2D eigenvalue weighted by atomic mass is 16.1. The van der Waals surface area contributed by atoms with Crippen molar-refractivity contribution >= 4 is 17.0 Å². The van der Waals surface area contributed by atoms with Gasteiger partial charge in [-0.15, -0.1) is 5.10 Å². The van der Waals surface area contributed by atoms with Gasteiger partial charge in [-0.05, 0) is 38.1 Å². The molecule has 0 aliphatic carbocycles. The zero-order chi connectivity index (χ0) is 22.2. The zero-order valence-corrected chi connectivity index (χ0v) is 18.8. The van der Waals surface area contributed by atoms with Crippen LogP contribution in [0, 0.1) is 13.8 Å². The Kier molecular flexibility index (Phi) is 5.26. The van der Waals surface area contributed by atoms with Crippen LogP contribution in [-0.4, -0.2) is 66.7 Å². The maximum Gasteiger partial charge on any atom is 0.266 e. The molecule has 32 heavy (non-hydrogen) atoms. The molecule has 1 aliphatic rings. The Morgan fingerprint density at radius 1 is 0.938 bits per heavy atom. The van der Waals surface area contributed by atoms with E-state index in [2.05, 4.69) is 43.7 Å². The Balaban J connectivity index is 1.23. The number of hydrogen-bond donors (Lipinski definition) is 0. The van der Waals surface area contributed by atoms with Crippen molar-refractivity contribution in [2.75, 3.05) is 37.6 Å². The number of hydrogen-bond acceptors (Lipinski definition) is 6. The second-order valence-corrected chi connectivity index (χ2v) is 8.38. The minimum Gasteiger partial charge on any atom is -0.340 e. The summed E-state index contributed by atoms with van der Waals surface area (Å²) in [5.41, 5.74) is 4.02. The largest absolute Gasteiger partial charge is 0.340 e. The van der Waals surface area contributed by atoms with E-state index in [1.54, 1.807) is 21.5 Å². The highest BCUT2D eigenvalue weighted by Crippen LogP contribution is 2.22. The van der Waals surface area contributed by atoms with Crippen LogP contribution in [0.2, 0.25) is 0 Å². The summed E-state index contributed by atoms with van der Waals surface area (Å²) in [4.78, 5) is 21.9. The van der Waals surface area contributed by atoms with E-state index in [1.165, 1.54) is 0 Å². The summed E-state index contributed by atoms with van der Waals surface area (Å²) in [5, 5.41) is 9.03. The lowest BCUT2D eigenvalue weighted by atomic mass is 10.3. The fraction of sp³-hybridized carbons (Fsp3) is 0.391. The highest BCUT2D eigenvalue weighted by Gasteiger charge is 2.21. The van der Waals surface area contributed by atoms with Gasteiger partial charge in [-0.1, -0.05) is 12.1 Å². The topological polar surface area (TPSA) is 77.0 Å². The van der Waals surface area contributed by atoms with Gasteiger partial charge in [0, 0.05) is 51.5 Å². The number of aryl methyl sites for hydroxylation is 3. The average Bonchev–Trinajstić information content (AvgIpc) is 3.32. The second kappa shape index (κ2) is 8.23. The molecule has 1 aliphatic heterocycles. The monoisotopic (exact) mass is 432 g/mol. The second-order valence-electron chi connectivity index (χ2n) is 8.38. The molecule has 9 heteroatoms. The SMILES string of the molecule is Cc1cc(C)n(-c2ccc(=O)n(CCN3CCN(c4nc5ccccc5n4C)CC3)n2)n1. The van der Waals surface area contributed by atoms with Crippen LogP contribution in [0.15, 0.2) is 47.3 Å². The molecule has 0 N–H and O–H groups in total. The molecular weight excluding hydrogens is 404 g/mol. The molecule has 5 rings (SSSR count). The van der Waals surface area contributed by atoms with Gasteiger partial charge in [-0.25, -0.2) is 14.3 Å². The van der Waals surface area contributed by atoms with Gasteiger partial charge in [-0.3, -0.25) is 9.69 Å². The lowest BCUT2D eigenvalue weighted by Crippen LogP contribution is -2.48. The minimum atomic E-state index is -0.0892. The molecule has 1 saturated heterocycles. The summed E-state index contributed by atoms with van der Waals surface area (Å²) in [5.74, 6) is 1.68. The van der Waals surface area contributed by atoms with Gasteiger partial charge in [0.1, 0.15) is 0 Å². The van der Waals surface area contributed by atoms with E-state index >= 15 is 0 Å². The number of anilines is 1. The smallest absolute Gasteiger partial charge is 0.266 e. The van der Waals surface area contributed by atoms with E-state index in [0.717, 1.165) is 61.1 Å². The van der Waals surface area contributed by atoms with E-state index in [4.69, 9.17) is 4.98 Å². The van der Waals surface area contributed by atoms with Gasteiger partial charge in [-0.2, -0.15) is 5.10 Å². The maximum absolute atomic E-state index is 12.4. The molecule has 0 radical (unpaired) electrons. The first-order valence-electron chi connectivity index (χ1n) is 11.0. The molecule has 1 aromatic carbocycles. The molecule has 4 aromatic rings. The van der Waals surface area contributed by atoms with E-state index < -0.39 is 0 Å². The van der Waals surface area contributed by atoms with Gasteiger partial charge < -0.3 is 9.47 Å². The van der Waals surface area contributed by atoms with Gasteiger partial charge in [0.25, 0.3) is 5.56 Å². The van der Waals surface area contributed by atoms with E-state index in [-0.39, 0.29) is 5.56 Å². The molecule has 0 bridgehead atoms. The highest BCUT2D eigenvalue weighted by molar-refractivity contribution is 5.78. The van der Waals surface area contributed by atoms with Crippen molar-refractivity contribution in [2.24, 2.45) is 7.05 Å². The first kappa shape index (κ1) is 20.4. The molecule has 0 amide bonds. The van der Waals surface area contributed by atoms with Gasteiger partial charge in [0.2, 0.25) is 5.95 Å². The predicted octanol–water partition coefficient (Wildman–Crippen LogP) is 1.75.